The van der Waals surface area contributed by atoms with Crippen molar-refractivity contribution in [3.05, 3.63) is 70.0 Å². The minimum absolute atomic E-state index is 0.00765. The van der Waals surface area contributed by atoms with E-state index in [4.69, 9.17) is 11.6 Å². The van der Waals surface area contributed by atoms with Gasteiger partial charge in [0.2, 0.25) is 0 Å². The Labute approximate surface area is 163 Å². The molecule has 1 aliphatic rings. The normalized spacial score (nSPS) is 14.9. The molecule has 1 fully saturated rings. The zero-order valence-electron chi connectivity index (χ0n) is 14.5. The van der Waals surface area contributed by atoms with E-state index >= 15 is 0 Å². The van der Waals surface area contributed by atoms with E-state index in [-0.39, 0.29) is 42.3 Å². The third kappa shape index (κ3) is 4.11. The Morgan fingerprint density at radius 3 is 1.89 bits per heavy atom. The molecule has 2 amide bonds. The van der Waals surface area contributed by atoms with Crippen LogP contribution in [0.2, 0.25) is 5.02 Å². The first-order chi connectivity index (χ1) is 13.2. The van der Waals surface area contributed by atoms with E-state index in [1.165, 1.54) is 21.9 Å². The van der Waals surface area contributed by atoms with Gasteiger partial charge in [-0.1, -0.05) is 17.7 Å². The number of piperazine rings is 1. The molecule has 1 aliphatic heterocycles. The van der Waals surface area contributed by atoms with Gasteiger partial charge in [-0.15, -0.1) is 0 Å². The SMILES string of the molecule is O=C(c1ccc(C(F)(F)F)cc1)N1CCN(C(=O)c2c(F)cccc2Cl)CC1. The third-order valence-corrected chi connectivity index (χ3v) is 4.80. The summed E-state index contributed by atoms with van der Waals surface area (Å²) < 4.78 is 51.8. The summed E-state index contributed by atoms with van der Waals surface area (Å²) in [5.74, 6) is -1.71. The Morgan fingerprint density at radius 1 is 0.857 bits per heavy atom. The molecule has 1 saturated heterocycles. The molecule has 0 N–H and O–H groups in total. The van der Waals surface area contributed by atoms with Crippen molar-refractivity contribution < 1.29 is 27.2 Å². The molecule has 3 rings (SSSR count). The summed E-state index contributed by atoms with van der Waals surface area (Å²) in [6.07, 6.45) is -4.47. The predicted octanol–water partition coefficient (Wildman–Crippen LogP) is 4.10. The van der Waals surface area contributed by atoms with Crippen LogP contribution in [0.1, 0.15) is 26.3 Å². The van der Waals surface area contributed by atoms with Crippen LogP contribution in [0.25, 0.3) is 0 Å². The highest BCUT2D eigenvalue weighted by Gasteiger charge is 2.31. The lowest BCUT2D eigenvalue weighted by molar-refractivity contribution is -0.137. The standard InChI is InChI=1S/C19H15ClF4N2O2/c20-14-2-1-3-15(21)16(14)18(28)26-10-8-25(9-11-26)17(27)12-4-6-13(7-5-12)19(22,23)24/h1-7H,8-11H2. The van der Waals surface area contributed by atoms with Crippen LogP contribution in [0.5, 0.6) is 0 Å². The Balaban J connectivity index is 1.65. The molecular weight excluding hydrogens is 400 g/mol. The second kappa shape index (κ2) is 7.79. The molecule has 0 atom stereocenters. The van der Waals surface area contributed by atoms with Crippen LogP contribution >= 0.6 is 11.6 Å². The van der Waals surface area contributed by atoms with Gasteiger partial charge in [0.05, 0.1) is 16.1 Å². The lowest BCUT2D eigenvalue weighted by atomic mass is 10.1. The summed E-state index contributed by atoms with van der Waals surface area (Å²) in [5, 5.41) is 0.00765. The molecule has 9 heteroatoms. The minimum Gasteiger partial charge on any atom is -0.335 e. The van der Waals surface area contributed by atoms with E-state index in [2.05, 4.69) is 0 Å². The molecule has 0 unspecified atom stereocenters. The van der Waals surface area contributed by atoms with Gasteiger partial charge in [-0.25, -0.2) is 4.39 Å². The molecule has 1 heterocycles. The molecule has 2 aromatic carbocycles. The van der Waals surface area contributed by atoms with Crippen LogP contribution in [-0.2, 0) is 6.18 Å². The fraction of sp³-hybridized carbons (Fsp3) is 0.263. The zero-order valence-corrected chi connectivity index (χ0v) is 15.2. The van der Waals surface area contributed by atoms with Crippen LogP contribution in [0, 0.1) is 5.82 Å². The van der Waals surface area contributed by atoms with Gasteiger partial charge >= 0.3 is 6.18 Å². The molecule has 4 nitrogen and oxygen atoms in total. The molecule has 148 valence electrons. The molecule has 2 aromatic rings. The summed E-state index contributed by atoms with van der Waals surface area (Å²) in [4.78, 5) is 27.8. The van der Waals surface area contributed by atoms with Gasteiger partial charge in [0.25, 0.3) is 11.8 Å². The van der Waals surface area contributed by atoms with Crippen LogP contribution < -0.4 is 0 Å². The van der Waals surface area contributed by atoms with Crippen molar-refractivity contribution in [3.8, 4) is 0 Å². The quantitative estimate of drug-likeness (QED) is 0.694. The van der Waals surface area contributed by atoms with Gasteiger partial charge in [-0.2, -0.15) is 13.2 Å². The summed E-state index contributed by atoms with van der Waals surface area (Å²) in [5.41, 5.74) is -0.919. The van der Waals surface area contributed by atoms with E-state index in [9.17, 15) is 27.2 Å². The van der Waals surface area contributed by atoms with Gasteiger partial charge in [-0.3, -0.25) is 9.59 Å². The molecule has 0 aromatic heterocycles. The number of amides is 2. The number of hydrogen-bond donors (Lipinski definition) is 0. The fourth-order valence-corrected chi connectivity index (χ4v) is 3.20. The highest BCUT2D eigenvalue weighted by atomic mass is 35.5. The lowest BCUT2D eigenvalue weighted by Gasteiger charge is -2.35. The Morgan fingerprint density at radius 2 is 1.39 bits per heavy atom. The van der Waals surface area contributed by atoms with Crippen molar-refractivity contribution in [1.29, 1.82) is 0 Å². The van der Waals surface area contributed by atoms with Gasteiger partial charge in [-0.05, 0) is 36.4 Å². The maximum atomic E-state index is 13.9. The summed E-state index contributed by atoms with van der Waals surface area (Å²) in [6.45, 7) is 0.682. The number of halogens is 5. The lowest BCUT2D eigenvalue weighted by Crippen LogP contribution is -2.50. The number of benzene rings is 2. The first-order valence-electron chi connectivity index (χ1n) is 8.38. The van der Waals surface area contributed by atoms with Gasteiger partial charge in [0, 0.05) is 31.7 Å². The molecule has 0 radical (unpaired) electrons. The highest BCUT2D eigenvalue weighted by molar-refractivity contribution is 6.33. The number of carbonyl (C=O) groups excluding carboxylic acids is 2. The zero-order chi connectivity index (χ0) is 20.5. The van der Waals surface area contributed by atoms with E-state index in [0.29, 0.717) is 0 Å². The Bertz CT molecular complexity index is 872. The Kier molecular flexibility index (Phi) is 5.60. The van der Waals surface area contributed by atoms with Gasteiger partial charge in [0.1, 0.15) is 5.82 Å². The maximum Gasteiger partial charge on any atom is 0.416 e. The van der Waals surface area contributed by atoms with Crippen LogP contribution in [-0.4, -0.2) is 47.8 Å². The van der Waals surface area contributed by atoms with Crippen LogP contribution in [0.4, 0.5) is 17.6 Å². The number of alkyl halides is 3. The highest BCUT2D eigenvalue weighted by Crippen LogP contribution is 2.29. The average Bonchev–Trinajstić information content (AvgIpc) is 2.67. The van der Waals surface area contributed by atoms with Crippen molar-refractivity contribution in [3.63, 3.8) is 0 Å². The van der Waals surface area contributed by atoms with E-state index < -0.39 is 29.4 Å². The molecule has 28 heavy (non-hydrogen) atoms. The number of hydrogen-bond acceptors (Lipinski definition) is 2. The molecular formula is C19H15ClF4N2O2. The smallest absolute Gasteiger partial charge is 0.335 e. The molecule has 0 bridgehead atoms. The van der Waals surface area contributed by atoms with E-state index in [0.717, 1.165) is 30.3 Å². The first kappa shape index (κ1) is 20.1. The minimum atomic E-state index is -4.47. The number of nitrogens with zero attached hydrogens (tertiary/aromatic N) is 2. The second-order valence-electron chi connectivity index (χ2n) is 6.26. The monoisotopic (exact) mass is 414 g/mol. The largest absolute Gasteiger partial charge is 0.416 e. The van der Waals surface area contributed by atoms with Crippen molar-refractivity contribution in [2.75, 3.05) is 26.2 Å². The summed E-state index contributed by atoms with van der Waals surface area (Å²) in [6, 6.07) is 7.92. The number of rotatable bonds is 2. The molecule has 0 saturated carbocycles. The molecule has 0 spiro atoms. The predicted molar refractivity (Wildman–Crippen MR) is 94.7 cm³/mol. The van der Waals surface area contributed by atoms with Crippen LogP contribution in [0.3, 0.4) is 0 Å². The summed E-state index contributed by atoms with van der Waals surface area (Å²) >= 11 is 5.92. The second-order valence-corrected chi connectivity index (χ2v) is 6.66. The van der Waals surface area contributed by atoms with Gasteiger partial charge < -0.3 is 9.80 Å². The first-order valence-corrected chi connectivity index (χ1v) is 8.76. The maximum absolute atomic E-state index is 13.9. The van der Waals surface area contributed by atoms with E-state index in [1.54, 1.807) is 0 Å². The van der Waals surface area contributed by atoms with Crippen molar-refractivity contribution in [2.45, 2.75) is 6.18 Å². The number of carbonyl (C=O) groups is 2. The van der Waals surface area contributed by atoms with Crippen molar-refractivity contribution in [1.82, 2.24) is 9.80 Å². The molecule has 0 aliphatic carbocycles. The average molecular weight is 415 g/mol. The van der Waals surface area contributed by atoms with Crippen molar-refractivity contribution in [2.24, 2.45) is 0 Å². The van der Waals surface area contributed by atoms with Crippen LogP contribution in [0.15, 0.2) is 42.5 Å². The topological polar surface area (TPSA) is 40.6 Å². The fourth-order valence-electron chi connectivity index (χ4n) is 2.96. The third-order valence-electron chi connectivity index (χ3n) is 4.49. The Hall–Kier alpha value is -2.61. The van der Waals surface area contributed by atoms with Crippen molar-refractivity contribution >= 4 is 23.4 Å². The van der Waals surface area contributed by atoms with Gasteiger partial charge in [0.15, 0.2) is 0 Å². The summed E-state index contributed by atoms with van der Waals surface area (Å²) in [7, 11) is 0. The van der Waals surface area contributed by atoms with E-state index in [1.807, 2.05) is 0 Å².